The highest BCUT2D eigenvalue weighted by atomic mass is 19.4. The summed E-state index contributed by atoms with van der Waals surface area (Å²) in [5.41, 5.74) is -0.283. The topological polar surface area (TPSA) is 64.6 Å². The monoisotopic (exact) mass is 347 g/mol. The zero-order valence-corrected chi connectivity index (χ0v) is 13.6. The number of carbonyl (C=O) groups is 2. The van der Waals surface area contributed by atoms with Crippen LogP contribution < -0.4 is 5.32 Å². The van der Waals surface area contributed by atoms with Crippen LogP contribution in [0.15, 0.2) is 30.3 Å². The van der Waals surface area contributed by atoms with E-state index in [-0.39, 0.29) is 6.61 Å². The molecule has 0 saturated heterocycles. The van der Waals surface area contributed by atoms with Gasteiger partial charge in [-0.15, -0.1) is 0 Å². The molecule has 0 aliphatic heterocycles. The molecule has 0 bridgehead atoms. The fourth-order valence-electron chi connectivity index (χ4n) is 1.70. The summed E-state index contributed by atoms with van der Waals surface area (Å²) in [6.07, 6.45) is -7.31. The first kappa shape index (κ1) is 19.8. The van der Waals surface area contributed by atoms with Gasteiger partial charge in [0, 0.05) is 0 Å². The fourth-order valence-corrected chi connectivity index (χ4v) is 1.70. The van der Waals surface area contributed by atoms with Crippen molar-refractivity contribution in [1.29, 1.82) is 0 Å². The molecule has 0 radical (unpaired) electrons. The van der Waals surface area contributed by atoms with E-state index in [0.29, 0.717) is 5.56 Å². The summed E-state index contributed by atoms with van der Waals surface area (Å²) in [6.45, 7) is 4.47. The molecule has 0 saturated carbocycles. The minimum atomic E-state index is -4.65. The van der Waals surface area contributed by atoms with E-state index in [1.54, 1.807) is 51.1 Å². The van der Waals surface area contributed by atoms with Crippen molar-refractivity contribution in [3.8, 4) is 0 Å². The minimum absolute atomic E-state index is 0.190. The number of carbonyl (C=O) groups excluding carboxylic acids is 2. The van der Waals surface area contributed by atoms with Crippen LogP contribution in [0.5, 0.6) is 0 Å². The van der Waals surface area contributed by atoms with Crippen LogP contribution >= 0.6 is 0 Å². The summed E-state index contributed by atoms with van der Waals surface area (Å²) in [6, 6.07) is 6.61. The van der Waals surface area contributed by atoms with Crippen LogP contribution in [0.1, 0.15) is 32.8 Å². The number of esters is 1. The molecule has 0 aromatic heterocycles. The van der Waals surface area contributed by atoms with Crippen LogP contribution in [0, 0.1) is 0 Å². The van der Waals surface area contributed by atoms with E-state index in [1.165, 1.54) is 0 Å². The number of nitrogens with one attached hydrogen (secondary N) is 1. The van der Waals surface area contributed by atoms with Gasteiger partial charge < -0.3 is 14.8 Å². The highest BCUT2D eigenvalue weighted by molar-refractivity contribution is 5.81. The van der Waals surface area contributed by atoms with Crippen molar-refractivity contribution in [1.82, 2.24) is 5.32 Å². The second-order valence-corrected chi connectivity index (χ2v) is 6.11. The van der Waals surface area contributed by atoms with Gasteiger partial charge in [0.2, 0.25) is 0 Å². The third-order valence-electron chi connectivity index (χ3n) is 2.63. The average molecular weight is 347 g/mol. The molecule has 1 N–H and O–H groups in total. The first-order valence-corrected chi connectivity index (χ1v) is 7.23. The summed E-state index contributed by atoms with van der Waals surface area (Å²) < 4.78 is 47.6. The Morgan fingerprint density at radius 3 is 2.21 bits per heavy atom. The number of rotatable bonds is 5. The average Bonchev–Trinajstić information content (AvgIpc) is 2.41. The molecular formula is C16H20F3NO4. The summed E-state index contributed by atoms with van der Waals surface area (Å²) in [4.78, 5) is 23.5. The third kappa shape index (κ3) is 8.40. The van der Waals surface area contributed by atoms with Crippen LogP contribution in [-0.4, -0.2) is 29.9 Å². The number of amides is 1. The Kier molecular flexibility index (Phi) is 6.62. The minimum Gasteiger partial charge on any atom is -0.459 e. The molecule has 1 rings (SSSR count). The second kappa shape index (κ2) is 8.03. The Hall–Kier alpha value is -2.25. The van der Waals surface area contributed by atoms with Gasteiger partial charge in [-0.25, -0.2) is 9.59 Å². The van der Waals surface area contributed by atoms with Gasteiger partial charge >= 0.3 is 18.2 Å². The molecule has 1 unspecified atom stereocenters. The van der Waals surface area contributed by atoms with Crippen LogP contribution in [0.3, 0.4) is 0 Å². The summed E-state index contributed by atoms with van der Waals surface area (Å²) in [5.74, 6) is -1.18. The van der Waals surface area contributed by atoms with Crippen LogP contribution in [0.25, 0.3) is 0 Å². The second-order valence-electron chi connectivity index (χ2n) is 6.11. The van der Waals surface area contributed by atoms with Gasteiger partial charge in [-0.1, -0.05) is 30.3 Å². The lowest BCUT2D eigenvalue weighted by atomic mass is 10.2. The highest BCUT2D eigenvalue weighted by Crippen LogP contribution is 2.22. The number of benzene rings is 1. The standard InChI is InChI=1S/C16H20F3NO4/c1-15(2,3)24-14(22)20-12(9-16(17,18)19)13(21)23-10-11-7-5-4-6-8-11/h4-8,12H,9-10H2,1-3H3,(H,20,22). The third-order valence-corrected chi connectivity index (χ3v) is 2.63. The molecule has 1 aromatic carbocycles. The Morgan fingerprint density at radius 2 is 1.71 bits per heavy atom. The molecule has 5 nitrogen and oxygen atoms in total. The summed E-state index contributed by atoms with van der Waals surface area (Å²) in [5, 5.41) is 1.91. The lowest BCUT2D eigenvalue weighted by Gasteiger charge is -2.23. The number of ether oxygens (including phenoxy) is 2. The van der Waals surface area contributed by atoms with E-state index < -0.39 is 36.3 Å². The van der Waals surface area contributed by atoms with Crippen LogP contribution in [0.4, 0.5) is 18.0 Å². The van der Waals surface area contributed by atoms with E-state index in [2.05, 4.69) is 0 Å². The molecule has 8 heteroatoms. The maximum atomic E-state index is 12.6. The SMILES string of the molecule is CC(C)(C)OC(=O)NC(CC(F)(F)F)C(=O)OCc1ccccc1. The van der Waals surface area contributed by atoms with Crippen molar-refractivity contribution >= 4 is 12.1 Å². The van der Waals surface area contributed by atoms with Gasteiger partial charge in [0.05, 0.1) is 6.42 Å². The molecule has 0 heterocycles. The summed E-state index contributed by atoms with van der Waals surface area (Å²) >= 11 is 0. The van der Waals surface area contributed by atoms with E-state index in [9.17, 15) is 22.8 Å². The van der Waals surface area contributed by atoms with Gasteiger partial charge in [0.25, 0.3) is 0 Å². The fraction of sp³-hybridized carbons (Fsp3) is 0.500. The van der Waals surface area contributed by atoms with Crippen LogP contribution in [0.2, 0.25) is 0 Å². The van der Waals surface area contributed by atoms with E-state index >= 15 is 0 Å². The zero-order chi connectivity index (χ0) is 18.4. The lowest BCUT2D eigenvalue weighted by Crippen LogP contribution is -2.46. The van der Waals surface area contributed by atoms with Crippen LogP contribution in [-0.2, 0) is 20.9 Å². The van der Waals surface area contributed by atoms with E-state index in [0.717, 1.165) is 0 Å². The van der Waals surface area contributed by atoms with Crippen molar-refractivity contribution in [2.24, 2.45) is 0 Å². The predicted molar refractivity (Wildman–Crippen MR) is 80.1 cm³/mol. The molecule has 1 amide bonds. The maximum Gasteiger partial charge on any atom is 0.408 e. The Labute approximate surface area is 138 Å². The lowest BCUT2D eigenvalue weighted by molar-refractivity contribution is -0.163. The van der Waals surface area contributed by atoms with Crippen molar-refractivity contribution in [3.63, 3.8) is 0 Å². The molecule has 0 spiro atoms. The van der Waals surface area contributed by atoms with Crippen molar-refractivity contribution in [2.45, 2.75) is 51.6 Å². The normalized spacial score (nSPS) is 13.1. The molecule has 0 aliphatic carbocycles. The van der Waals surface area contributed by atoms with Gasteiger partial charge in [0.1, 0.15) is 18.2 Å². The molecule has 0 aliphatic rings. The van der Waals surface area contributed by atoms with E-state index in [1.807, 2.05) is 5.32 Å². The molecule has 134 valence electrons. The smallest absolute Gasteiger partial charge is 0.408 e. The van der Waals surface area contributed by atoms with Crippen molar-refractivity contribution in [2.75, 3.05) is 0 Å². The van der Waals surface area contributed by atoms with Gasteiger partial charge in [-0.05, 0) is 26.3 Å². The van der Waals surface area contributed by atoms with Gasteiger partial charge in [-0.2, -0.15) is 13.2 Å². The molecular weight excluding hydrogens is 327 g/mol. The highest BCUT2D eigenvalue weighted by Gasteiger charge is 2.38. The quantitative estimate of drug-likeness (QED) is 0.827. The van der Waals surface area contributed by atoms with Gasteiger partial charge in [-0.3, -0.25) is 0 Å². The number of alkyl halides is 3. The molecule has 0 fully saturated rings. The predicted octanol–water partition coefficient (Wildman–Crippen LogP) is 3.58. The molecule has 1 aromatic rings. The Balaban J connectivity index is 2.70. The van der Waals surface area contributed by atoms with E-state index in [4.69, 9.17) is 9.47 Å². The first-order chi connectivity index (χ1) is 11.0. The summed E-state index contributed by atoms with van der Waals surface area (Å²) in [7, 11) is 0. The van der Waals surface area contributed by atoms with Crippen molar-refractivity contribution < 1.29 is 32.2 Å². The number of halogens is 3. The van der Waals surface area contributed by atoms with Crippen molar-refractivity contribution in [3.05, 3.63) is 35.9 Å². The number of hydrogen-bond donors (Lipinski definition) is 1. The Bertz CT molecular complexity index is 553. The number of hydrogen-bond acceptors (Lipinski definition) is 4. The zero-order valence-electron chi connectivity index (χ0n) is 13.6. The largest absolute Gasteiger partial charge is 0.459 e. The molecule has 24 heavy (non-hydrogen) atoms. The first-order valence-electron chi connectivity index (χ1n) is 7.23. The number of alkyl carbamates (subject to hydrolysis) is 1. The van der Waals surface area contributed by atoms with Gasteiger partial charge in [0.15, 0.2) is 0 Å². The molecule has 1 atom stereocenters. The maximum absolute atomic E-state index is 12.6. The Morgan fingerprint density at radius 1 is 1.12 bits per heavy atom.